The zero-order chi connectivity index (χ0) is 23.0. The maximum atomic E-state index is 13.3. The van der Waals surface area contributed by atoms with E-state index in [0.29, 0.717) is 28.3 Å². The number of aromatic nitrogens is 4. The fourth-order valence-electron chi connectivity index (χ4n) is 3.51. The summed E-state index contributed by atoms with van der Waals surface area (Å²) in [6, 6.07) is 12.1. The molecule has 10 heteroatoms. The van der Waals surface area contributed by atoms with E-state index < -0.39 is 17.6 Å². The Hall–Kier alpha value is -3.95. The molecule has 4 rings (SSSR count). The third kappa shape index (κ3) is 3.64. The minimum absolute atomic E-state index is 0.136. The van der Waals surface area contributed by atoms with E-state index in [4.69, 9.17) is 4.74 Å². The van der Waals surface area contributed by atoms with Crippen molar-refractivity contribution in [3.63, 3.8) is 0 Å². The normalized spacial score (nSPS) is 11.6. The number of rotatable bonds is 4. The highest BCUT2D eigenvalue weighted by Gasteiger charge is 2.34. The van der Waals surface area contributed by atoms with Crippen molar-refractivity contribution in [1.29, 1.82) is 0 Å². The number of ether oxygens (including phenoxy) is 1. The first-order valence-electron chi connectivity index (χ1n) is 9.56. The van der Waals surface area contributed by atoms with Gasteiger partial charge in [-0.05, 0) is 32.0 Å². The molecule has 0 saturated heterocycles. The van der Waals surface area contributed by atoms with Crippen LogP contribution in [0.4, 0.5) is 18.9 Å². The van der Waals surface area contributed by atoms with Crippen LogP contribution in [-0.4, -0.2) is 32.8 Å². The lowest BCUT2D eigenvalue weighted by Crippen LogP contribution is -2.20. The number of amides is 1. The minimum atomic E-state index is -4.61. The van der Waals surface area contributed by atoms with Gasteiger partial charge in [0, 0.05) is 5.56 Å². The largest absolute Gasteiger partial charge is 0.496 e. The van der Waals surface area contributed by atoms with Gasteiger partial charge in [-0.15, -0.1) is 10.2 Å². The number of hydrogen-bond donors (Lipinski definition) is 1. The Morgan fingerprint density at radius 2 is 1.72 bits per heavy atom. The van der Waals surface area contributed by atoms with Crippen molar-refractivity contribution in [3.8, 4) is 16.9 Å². The molecule has 32 heavy (non-hydrogen) atoms. The third-order valence-corrected chi connectivity index (χ3v) is 5.01. The van der Waals surface area contributed by atoms with Gasteiger partial charge in [-0.25, -0.2) is 4.52 Å². The Morgan fingerprint density at radius 1 is 1.03 bits per heavy atom. The zero-order valence-electron chi connectivity index (χ0n) is 17.4. The summed E-state index contributed by atoms with van der Waals surface area (Å²) in [6.45, 7) is 3.39. The second-order valence-electron chi connectivity index (χ2n) is 7.03. The monoisotopic (exact) mass is 441 g/mol. The number of anilines is 1. The molecular weight excluding hydrogens is 423 g/mol. The Labute approximate surface area is 180 Å². The average molecular weight is 441 g/mol. The minimum Gasteiger partial charge on any atom is -0.496 e. The summed E-state index contributed by atoms with van der Waals surface area (Å²) < 4.78 is 46.6. The van der Waals surface area contributed by atoms with Crippen LogP contribution >= 0.6 is 0 Å². The maximum absolute atomic E-state index is 13.3. The number of para-hydroxylation sites is 2. The standard InChI is InChI=1S/C22H18F3N5O2/c1-12-18(14-8-4-7-11-17(14)32-3)20-28-27-19(13(2)30(20)29-12)21(31)26-16-10-6-5-9-15(16)22(23,24)25/h4-11H,1-3H3,(H,26,31). The number of carbonyl (C=O) groups is 1. The number of carbonyl (C=O) groups excluding carboxylic acids is 1. The van der Waals surface area contributed by atoms with E-state index in [1.54, 1.807) is 27.0 Å². The van der Waals surface area contributed by atoms with E-state index in [1.165, 1.54) is 22.7 Å². The van der Waals surface area contributed by atoms with Crippen molar-refractivity contribution in [3.05, 3.63) is 71.2 Å². The summed E-state index contributed by atoms with van der Waals surface area (Å²) in [4.78, 5) is 12.8. The Kier molecular flexibility index (Phi) is 5.29. The van der Waals surface area contributed by atoms with Crippen LogP contribution in [0.25, 0.3) is 16.8 Å². The van der Waals surface area contributed by atoms with Crippen LogP contribution in [0.5, 0.6) is 5.75 Å². The van der Waals surface area contributed by atoms with Crippen LogP contribution in [0.1, 0.15) is 27.4 Å². The molecule has 2 aromatic heterocycles. The molecule has 164 valence electrons. The molecule has 2 heterocycles. The van der Waals surface area contributed by atoms with E-state index in [-0.39, 0.29) is 11.4 Å². The Bertz CT molecular complexity index is 1330. The number of nitrogens with one attached hydrogen (secondary N) is 1. The number of methoxy groups -OCH3 is 1. The van der Waals surface area contributed by atoms with Crippen molar-refractivity contribution in [2.75, 3.05) is 12.4 Å². The van der Waals surface area contributed by atoms with Crippen LogP contribution in [0.2, 0.25) is 0 Å². The zero-order valence-corrected chi connectivity index (χ0v) is 17.4. The molecular formula is C22H18F3N5O2. The maximum Gasteiger partial charge on any atom is 0.418 e. The molecule has 0 fully saturated rings. The smallest absolute Gasteiger partial charge is 0.418 e. The fraction of sp³-hybridized carbons (Fsp3) is 0.182. The molecule has 0 radical (unpaired) electrons. The number of fused-ring (bicyclic) bond motifs is 1. The van der Waals surface area contributed by atoms with Gasteiger partial charge in [0.15, 0.2) is 11.3 Å². The Morgan fingerprint density at radius 3 is 2.44 bits per heavy atom. The average Bonchev–Trinajstić information content (AvgIpc) is 3.10. The lowest BCUT2D eigenvalue weighted by atomic mass is 10.1. The summed E-state index contributed by atoms with van der Waals surface area (Å²) >= 11 is 0. The second-order valence-corrected chi connectivity index (χ2v) is 7.03. The van der Waals surface area contributed by atoms with Gasteiger partial charge in [-0.2, -0.15) is 18.3 Å². The number of benzene rings is 2. The van der Waals surface area contributed by atoms with Crippen molar-refractivity contribution in [1.82, 2.24) is 19.8 Å². The number of hydrogen-bond acceptors (Lipinski definition) is 5. The van der Waals surface area contributed by atoms with Crippen molar-refractivity contribution in [2.24, 2.45) is 0 Å². The predicted molar refractivity (Wildman–Crippen MR) is 112 cm³/mol. The van der Waals surface area contributed by atoms with Gasteiger partial charge < -0.3 is 10.1 Å². The van der Waals surface area contributed by atoms with Gasteiger partial charge in [0.2, 0.25) is 0 Å². The number of nitrogens with zero attached hydrogens (tertiary/aromatic N) is 4. The van der Waals surface area contributed by atoms with Crippen molar-refractivity contribution < 1.29 is 22.7 Å². The summed E-state index contributed by atoms with van der Waals surface area (Å²) in [5, 5.41) is 14.9. The predicted octanol–water partition coefficient (Wildman–Crippen LogP) is 4.69. The molecule has 0 spiro atoms. The molecule has 7 nitrogen and oxygen atoms in total. The van der Waals surface area contributed by atoms with Crippen LogP contribution in [0, 0.1) is 13.8 Å². The van der Waals surface area contributed by atoms with Crippen molar-refractivity contribution in [2.45, 2.75) is 20.0 Å². The molecule has 0 aliphatic rings. The van der Waals surface area contributed by atoms with E-state index in [0.717, 1.165) is 11.6 Å². The summed E-state index contributed by atoms with van der Waals surface area (Å²) in [6.07, 6.45) is -4.61. The van der Waals surface area contributed by atoms with Gasteiger partial charge >= 0.3 is 6.18 Å². The van der Waals surface area contributed by atoms with Crippen LogP contribution in [-0.2, 0) is 6.18 Å². The van der Waals surface area contributed by atoms with Gasteiger partial charge in [-0.1, -0.05) is 30.3 Å². The highest BCUT2D eigenvalue weighted by Crippen LogP contribution is 2.36. The first-order chi connectivity index (χ1) is 15.2. The molecule has 2 aromatic carbocycles. The number of halogens is 3. The van der Waals surface area contributed by atoms with Gasteiger partial charge in [0.05, 0.1) is 35.3 Å². The molecule has 0 unspecified atom stereocenters. The highest BCUT2D eigenvalue weighted by atomic mass is 19.4. The van der Waals surface area contributed by atoms with E-state index in [1.807, 2.05) is 18.2 Å². The van der Waals surface area contributed by atoms with Crippen LogP contribution in [0.3, 0.4) is 0 Å². The quantitative estimate of drug-likeness (QED) is 0.497. The van der Waals surface area contributed by atoms with Gasteiger partial charge in [0.1, 0.15) is 5.75 Å². The van der Waals surface area contributed by atoms with E-state index in [2.05, 4.69) is 20.6 Å². The summed E-state index contributed by atoms with van der Waals surface area (Å²) in [7, 11) is 1.55. The SMILES string of the molecule is COc1ccccc1-c1c(C)nn2c(C)c(C(=O)Nc3ccccc3C(F)(F)F)nnc12. The molecule has 1 N–H and O–H groups in total. The first kappa shape index (κ1) is 21.3. The fourth-order valence-corrected chi connectivity index (χ4v) is 3.51. The van der Waals surface area contributed by atoms with E-state index >= 15 is 0 Å². The van der Waals surface area contributed by atoms with Gasteiger partial charge in [-0.3, -0.25) is 4.79 Å². The van der Waals surface area contributed by atoms with Crippen molar-refractivity contribution >= 4 is 17.2 Å². The molecule has 4 aromatic rings. The Balaban J connectivity index is 1.77. The molecule has 1 amide bonds. The molecule has 0 bridgehead atoms. The molecule has 0 saturated carbocycles. The lowest BCUT2D eigenvalue weighted by molar-refractivity contribution is -0.136. The molecule has 0 aliphatic heterocycles. The molecule has 0 aliphatic carbocycles. The number of alkyl halides is 3. The third-order valence-electron chi connectivity index (χ3n) is 5.01. The summed E-state index contributed by atoms with van der Waals surface area (Å²) in [5.41, 5.74) is 1.36. The topological polar surface area (TPSA) is 81.4 Å². The summed E-state index contributed by atoms with van der Waals surface area (Å²) in [5.74, 6) is -0.198. The molecule has 0 atom stereocenters. The lowest BCUT2D eigenvalue weighted by Gasteiger charge is -2.14. The van der Waals surface area contributed by atoms with Gasteiger partial charge in [0.25, 0.3) is 5.91 Å². The first-order valence-corrected chi connectivity index (χ1v) is 9.56. The highest BCUT2D eigenvalue weighted by molar-refractivity contribution is 6.04. The van der Waals surface area contributed by atoms with E-state index in [9.17, 15) is 18.0 Å². The van der Waals surface area contributed by atoms with Crippen LogP contribution in [0.15, 0.2) is 48.5 Å². The second kappa shape index (κ2) is 7.95. The number of aryl methyl sites for hydroxylation is 2. The van der Waals surface area contributed by atoms with Crippen LogP contribution < -0.4 is 10.1 Å².